The van der Waals surface area contributed by atoms with E-state index in [0.717, 1.165) is 0 Å². The summed E-state index contributed by atoms with van der Waals surface area (Å²) in [5, 5.41) is 7.64. The van der Waals surface area contributed by atoms with Gasteiger partial charge in [-0.05, 0) is 6.92 Å². The fraction of sp³-hybridized carbons (Fsp3) is 1.00. The maximum Gasteiger partial charge on any atom is 0.361 e. The molecule has 0 aromatic heterocycles. The minimum absolute atomic E-state index is 0.574. The monoisotopic (exact) mass is 146 g/mol. The lowest BCUT2D eigenvalue weighted by Crippen LogP contribution is -2.30. The molecule has 0 heterocycles. The van der Waals surface area contributed by atoms with Crippen LogP contribution in [0, 0.1) is 5.92 Å². The van der Waals surface area contributed by atoms with Crippen LogP contribution in [0.4, 0.5) is 17.6 Å². The zero-order valence-corrected chi connectivity index (χ0v) is 4.61. The van der Waals surface area contributed by atoms with Crippen LogP contribution in [0.25, 0.3) is 0 Å². The Morgan fingerprint density at radius 3 is 1.67 bits per heavy atom. The summed E-state index contributed by atoms with van der Waals surface area (Å²) in [5.74, 6) is -2.29. The molecule has 0 aliphatic carbocycles. The molecule has 0 rings (SSSR count). The summed E-state index contributed by atoms with van der Waals surface area (Å²) >= 11 is 0. The van der Waals surface area contributed by atoms with E-state index in [-0.39, 0.29) is 0 Å². The second kappa shape index (κ2) is 2.51. The first-order valence-electron chi connectivity index (χ1n) is 2.24. The average Bonchev–Trinajstić information content (AvgIpc) is 1.62. The zero-order valence-electron chi connectivity index (χ0n) is 4.61. The first-order chi connectivity index (χ1) is 3.85. The van der Waals surface area contributed by atoms with Gasteiger partial charge >= 0.3 is 6.11 Å². The Hall–Kier alpha value is -0.320. The Bertz CT molecular complexity index is 87.1. The van der Waals surface area contributed by atoms with Gasteiger partial charge in [0.25, 0.3) is 0 Å². The van der Waals surface area contributed by atoms with Crippen molar-refractivity contribution in [2.45, 2.75) is 19.5 Å². The quantitative estimate of drug-likeness (QED) is 0.585. The van der Waals surface area contributed by atoms with Crippen molar-refractivity contribution < 1.29 is 22.7 Å². The van der Waals surface area contributed by atoms with Crippen LogP contribution in [0.1, 0.15) is 6.92 Å². The van der Waals surface area contributed by atoms with Gasteiger partial charge in [-0.3, -0.25) is 0 Å². The predicted octanol–water partition coefficient (Wildman–Crippen LogP) is 1.47. The lowest BCUT2D eigenvalue weighted by atomic mass is 10.2. The number of alkyl halides is 4. The van der Waals surface area contributed by atoms with Crippen molar-refractivity contribution in [3.05, 3.63) is 0 Å². The molecule has 9 heavy (non-hydrogen) atoms. The van der Waals surface area contributed by atoms with Crippen LogP contribution in [0.2, 0.25) is 0 Å². The Morgan fingerprint density at radius 2 is 1.67 bits per heavy atom. The minimum atomic E-state index is -4.27. The molecule has 0 bridgehead atoms. The normalized spacial score (nSPS) is 16.3. The van der Waals surface area contributed by atoms with Gasteiger partial charge in [0.2, 0.25) is 6.43 Å². The van der Waals surface area contributed by atoms with Crippen molar-refractivity contribution in [3.63, 3.8) is 0 Å². The molecule has 1 nitrogen and oxygen atoms in total. The lowest BCUT2D eigenvalue weighted by molar-refractivity contribution is -0.255. The van der Waals surface area contributed by atoms with Gasteiger partial charge in [0, 0.05) is 0 Å². The second-order valence-electron chi connectivity index (χ2n) is 1.71. The number of hydrogen-bond acceptors (Lipinski definition) is 1. The summed E-state index contributed by atoms with van der Waals surface area (Å²) in [6.07, 6.45) is -7.46. The highest BCUT2D eigenvalue weighted by Crippen LogP contribution is 2.25. The molecule has 1 atom stereocenters. The van der Waals surface area contributed by atoms with E-state index in [2.05, 4.69) is 0 Å². The maximum absolute atomic E-state index is 11.4. The fourth-order valence-corrected chi connectivity index (χ4v) is 0.152. The van der Waals surface area contributed by atoms with E-state index in [1.165, 1.54) is 0 Å². The smallest absolute Gasteiger partial charge is 0.336 e. The molecule has 1 N–H and O–H groups in total. The average molecular weight is 146 g/mol. The molecule has 0 saturated heterocycles. The van der Waals surface area contributed by atoms with Crippen molar-refractivity contribution in [1.29, 1.82) is 0 Å². The van der Waals surface area contributed by atoms with E-state index in [9.17, 15) is 17.6 Å². The maximum atomic E-state index is 11.4. The van der Waals surface area contributed by atoms with E-state index in [0.29, 0.717) is 6.92 Å². The highest BCUT2D eigenvalue weighted by Gasteiger charge is 2.39. The van der Waals surface area contributed by atoms with E-state index >= 15 is 0 Å². The number of aliphatic hydroxyl groups is 1. The molecule has 0 aromatic carbocycles. The number of rotatable bonds is 2. The van der Waals surface area contributed by atoms with Gasteiger partial charge in [-0.1, -0.05) is 0 Å². The third kappa shape index (κ3) is 2.64. The van der Waals surface area contributed by atoms with Gasteiger partial charge in [-0.2, -0.15) is 8.78 Å². The Morgan fingerprint density at radius 1 is 1.33 bits per heavy atom. The summed E-state index contributed by atoms with van der Waals surface area (Å²) < 4.78 is 45.5. The van der Waals surface area contributed by atoms with Crippen molar-refractivity contribution in [3.8, 4) is 0 Å². The third-order valence-corrected chi connectivity index (χ3v) is 0.926. The molecule has 1 unspecified atom stereocenters. The van der Waals surface area contributed by atoms with Crippen LogP contribution in [-0.2, 0) is 0 Å². The Labute approximate surface area is 49.3 Å². The standard InChI is InChI=1S/C4H6F4O/c1-2(3(5)6)4(7,8)9/h2-3,9H,1H3. The van der Waals surface area contributed by atoms with Gasteiger partial charge in [0.15, 0.2) is 0 Å². The predicted molar refractivity (Wildman–Crippen MR) is 22.3 cm³/mol. The van der Waals surface area contributed by atoms with Crippen molar-refractivity contribution in [2.75, 3.05) is 0 Å². The van der Waals surface area contributed by atoms with Crippen LogP contribution in [0.15, 0.2) is 0 Å². The van der Waals surface area contributed by atoms with E-state index < -0.39 is 18.5 Å². The largest absolute Gasteiger partial charge is 0.361 e. The molecular formula is C4H6F4O. The SMILES string of the molecule is CC(C(F)F)C(O)(F)F. The van der Waals surface area contributed by atoms with Crippen molar-refractivity contribution in [1.82, 2.24) is 0 Å². The highest BCUT2D eigenvalue weighted by molar-refractivity contribution is 4.62. The molecular weight excluding hydrogens is 140 g/mol. The van der Waals surface area contributed by atoms with Gasteiger partial charge in [-0.15, -0.1) is 0 Å². The first kappa shape index (κ1) is 8.68. The summed E-state index contributed by atoms with van der Waals surface area (Å²) in [5.41, 5.74) is 0. The van der Waals surface area contributed by atoms with Crippen LogP contribution in [0.3, 0.4) is 0 Å². The summed E-state index contributed by atoms with van der Waals surface area (Å²) in [4.78, 5) is 0. The first-order valence-corrected chi connectivity index (χ1v) is 2.24. The van der Waals surface area contributed by atoms with Crippen LogP contribution >= 0.6 is 0 Å². The topological polar surface area (TPSA) is 20.2 Å². The van der Waals surface area contributed by atoms with Crippen LogP contribution < -0.4 is 0 Å². The van der Waals surface area contributed by atoms with E-state index in [4.69, 9.17) is 5.11 Å². The molecule has 0 fully saturated rings. The molecule has 0 amide bonds. The van der Waals surface area contributed by atoms with Crippen LogP contribution in [-0.4, -0.2) is 17.6 Å². The van der Waals surface area contributed by atoms with Gasteiger partial charge in [0.05, 0.1) is 0 Å². The Balaban J connectivity index is 3.88. The summed E-state index contributed by atoms with van der Waals surface area (Å²) in [6.45, 7) is 0.574. The molecule has 5 heteroatoms. The second-order valence-corrected chi connectivity index (χ2v) is 1.71. The minimum Gasteiger partial charge on any atom is -0.336 e. The van der Waals surface area contributed by atoms with E-state index in [1.807, 2.05) is 0 Å². The molecule has 56 valence electrons. The fourth-order valence-electron chi connectivity index (χ4n) is 0.152. The van der Waals surface area contributed by atoms with Gasteiger partial charge < -0.3 is 5.11 Å². The molecule has 0 spiro atoms. The summed E-state index contributed by atoms with van der Waals surface area (Å²) in [7, 11) is 0. The molecule has 0 saturated carbocycles. The highest BCUT2D eigenvalue weighted by atomic mass is 19.3. The van der Waals surface area contributed by atoms with Crippen LogP contribution in [0.5, 0.6) is 0 Å². The van der Waals surface area contributed by atoms with Gasteiger partial charge in [-0.25, -0.2) is 8.78 Å². The molecule has 0 radical (unpaired) electrons. The lowest BCUT2D eigenvalue weighted by Gasteiger charge is -2.15. The number of halogens is 4. The molecule has 0 aliphatic heterocycles. The zero-order chi connectivity index (χ0) is 7.65. The van der Waals surface area contributed by atoms with Gasteiger partial charge in [0.1, 0.15) is 5.92 Å². The Kier molecular flexibility index (Phi) is 2.42. The number of hydrogen-bond donors (Lipinski definition) is 1. The third-order valence-electron chi connectivity index (χ3n) is 0.926. The van der Waals surface area contributed by atoms with Crippen molar-refractivity contribution >= 4 is 0 Å². The molecule has 0 aromatic rings. The molecule has 0 aliphatic rings. The summed E-state index contributed by atoms with van der Waals surface area (Å²) in [6, 6.07) is 0. The van der Waals surface area contributed by atoms with Crippen molar-refractivity contribution in [2.24, 2.45) is 5.92 Å². The van der Waals surface area contributed by atoms with E-state index in [1.54, 1.807) is 0 Å².